The van der Waals surface area contributed by atoms with Gasteiger partial charge in [0.15, 0.2) is 6.10 Å². The SMILES string of the molecule is CC(=O)CC(=O)OC1COc2ccc(C(C)(C)C)cc2N2C(=O)c3ccc4c5c(ccc(c35)C2=O)C(=O)N(C4=O)c2cc(C(C)(C)C)ccc2OCC(O)COc2ccc(C(C)(C)C)cc2N2C(=O)c3ccc4c5c(ccc(c35)C2=O)C(=O)N(C4=O)c2cc(C(C)(C)C)ccc2OC1. The fourth-order valence-corrected chi connectivity index (χ4v) is 13.1. The Labute approximate surface area is 564 Å². The van der Waals surface area contributed by atoms with Gasteiger partial charge >= 0.3 is 5.97 Å². The van der Waals surface area contributed by atoms with Crippen molar-refractivity contribution >= 4 is 103 Å². The highest BCUT2D eigenvalue weighted by molar-refractivity contribution is 6.44. The third kappa shape index (κ3) is 11.1. The van der Waals surface area contributed by atoms with Gasteiger partial charge in [-0.2, -0.15) is 0 Å². The topological polar surface area (TPSA) is 250 Å². The fourth-order valence-electron chi connectivity index (χ4n) is 13.1. The minimum Gasteiger partial charge on any atom is -0.489 e. The minimum absolute atomic E-state index is 0.00657. The first kappa shape index (κ1) is 65.8. The highest BCUT2D eigenvalue weighted by Gasteiger charge is 2.46. The van der Waals surface area contributed by atoms with Gasteiger partial charge in [0.2, 0.25) is 0 Å². The van der Waals surface area contributed by atoms with Crippen LogP contribution in [0.4, 0.5) is 22.7 Å². The molecule has 0 spiro atoms. The molecule has 0 aromatic heterocycles. The molecule has 0 atom stereocenters. The van der Waals surface area contributed by atoms with Crippen LogP contribution in [0.2, 0.25) is 0 Å². The number of Topliss-reactive ketones (excluding diaryl/α,β-unsaturated/α-hetero) is 1. The number of ketones is 1. The Morgan fingerprint density at radius 2 is 0.582 bits per heavy atom. The van der Waals surface area contributed by atoms with Crippen molar-refractivity contribution in [3.8, 4) is 23.0 Å². The Balaban J connectivity index is 0.962. The van der Waals surface area contributed by atoms with Gasteiger partial charge in [-0.15, -0.1) is 0 Å². The molecule has 0 fully saturated rings. The van der Waals surface area contributed by atoms with Crippen molar-refractivity contribution in [2.75, 3.05) is 46.0 Å². The zero-order chi connectivity index (χ0) is 70.3. The summed E-state index contributed by atoms with van der Waals surface area (Å²) >= 11 is 0. The van der Waals surface area contributed by atoms with E-state index in [1.807, 2.05) is 83.1 Å². The number of carbonyl (C=O) groups is 10. The lowest BCUT2D eigenvalue weighted by atomic mass is 9.84. The predicted molar refractivity (Wildman–Crippen MR) is 366 cm³/mol. The maximum absolute atomic E-state index is 15.3. The molecule has 8 amide bonds. The molecule has 0 saturated carbocycles. The van der Waals surface area contributed by atoms with E-state index >= 15 is 38.4 Å². The number of ether oxygens (including phenoxy) is 5. The molecule has 20 heteroatoms. The highest BCUT2D eigenvalue weighted by atomic mass is 16.6. The van der Waals surface area contributed by atoms with Crippen LogP contribution in [0, 0.1) is 0 Å². The minimum atomic E-state index is -1.42. The number of esters is 1. The lowest BCUT2D eigenvalue weighted by Gasteiger charge is -2.34. The van der Waals surface area contributed by atoms with Crippen LogP contribution in [0.25, 0.3) is 21.5 Å². The number of aliphatic hydroxyl groups is 1. The van der Waals surface area contributed by atoms with Gasteiger partial charge < -0.3 is 28.8 Å². The highest BCUT2D eigenvalue weighted by Crippen LogP contribution is 2.48. The predicted octanol–water partition coefficient (Wildman–Crippen LogP) is 12.9. The van der Waals surface area contributed by atoms with E-state index in [2.05, 4.69) is 0 Å². The number of hydrogen-bond acceptors (Lipinski definition) is 16. The number of nitrogens with zero attached hydrogens (tertiary/aromatic N) is 4. The number of rotatable bonds is 3. The normalized spacial score (nSPS) is 17.4. The fraction of sp³-hybridized carbons (Fsp3) is 0.308. The summed E-state index contributed by atoms with van der Waals surface area (Å²) in [5.41, 5.74) is 0.692. The molecular weight excluding hydrogens is 1250 g/mol. The van der Waals surface area contributed by atoms with Crippen LogP contribution in [0.15, 0.2) is 121 Å². The summed E-state index contributed by atoms with van der Waals surface area (Å²) in [4.78, 5) is 152. The van der Waals surface area contributed by atoms with Gasteiger partial charge in [0.25, 0.3) is 47.3 Å². The molecule has 98 heavy (non-hydrogen) atoms. The summed E-state index contributed by atoms with van der Waals surface area (Å²) in [5.74, 6) is -7.83. The van der Waals surface area contributed by atoms with Crippen molar-refractivity contribution in [3.05, 3.63) is 188 Å². The summed E-state index contributed by atoms with van der Waals surface area (Å²) in [7, 11) is 0. The van der Waals surface area contributed by atoms with E-state index in [0.29, 0.717) is 22.3 Å². The van der Waals surface area contributed by atoms with Gasteiger partial charge in [-0.3, -0.25) is 47.9 Å². The van der Waals surface area contributed by atoms with Crippen LogP contribution in [0.1, 0.15) is 202 Å². The average molecular weight is 1320 g/mol. The molecule has 15 heterocycles. The van der Waals surface area contributed by atoms with Gasteiger partial charge in [0.1, 0.15) is 67.7 Å². The molecule has 500 valence electrons. The standard InChI is InChI=1S/C78H72N4O16/c1-39(83)30-62(85)98-45-37-96-60-28-16-42(77(8,9)10)33-56(60)81-71(90)50-22-18-46-63-47(19-23-51(65(50)63)72(81)91)68(87)79(67(46)86)54-31-40(75(2,3)4)14-26-58(54)94-35-44(84)36-95-59-27-15-41(76(5,6)7)32-55(59)80-69(88)48-20-24-52-66-53(25-21-49(64(48)66)70(80)89)74(93)82(73(52)92)57-34-43(78(11,12)13)17-29-61(57)97-38-45/h14-29,31-34,44-45,84H,30,35-38H2,1-13H3. The monoisotopic (exact) mass is 1320 g/mol. The molecule has 0 unspecified atom stereocenters. The average Bonchev–Trinajstić information content (AvgIpc) is 0.711. The maximum Gasteiger partial charge on any atom is 0.313 e. The van der Waals surface area contributed by atoms with Crippen molar-refractivity contribution in [3.63, 3.8) is 0 Å². The van der Waals surface area contributed by atoms with Crippen molar-refractivity contribution in [2.45, 2.75) is 130 Å². The molecule has 16 bridgehead atoms. The summed E-state index contributed by atoms with van der Waals surface area (Å²) in [6, 6.07) is 31.4. The number of benzene rings is 8. The second-order valence-corrected chi connectivity index (χ2v) is 29.5. The number of amides is 8. The summed E-state index contributed by atoms with van der Waals surface area (Å²) in [6.07, 6.45) is -3.41. The second-order valence-electron chi connectivity index (χ2n) is 29.5. The van der Waals surface area contributed by atoms with E-state index < -0.39 is 126 Å². The molecule has 15 aliphatic heterocycles. The van der Waals surface area contributed by atoms with Crippen molar-refractivity contribution in [1.82, 2.24) is 0 Å². The van der Waals surface area contributed by atoms with Crippen LogP contribution in [0.5, 0.6) is 23.0 Å². The molecule has 0 saturated heterocycles. The van der Waals surface area contributed by atoms with Crippen LogP contribution >= 0.6 is 0 Å². The molecule has 0 aliphatic carbocycles. The molecule has 8 aromatic rings. The second kappa shape index (κ2) is 23.5. The Morgan fingerprint density at radius 3 is 0.786 bits per heavy atom. The van der Waals surface area contributed by atoms with Crippen LogP contribution < -0.4 is 38.5 Å². The molecule has 15 aliphatic rings. The Bertz CT molecular complexity index is 4490. The number of aliphatic hydroxyl groups excluding tert-OH is 1. The number of hydrogen-bond donors (Lipinski definition) is 1. The van der Waals surface area contributed by atoms with Crippen LogP contribution in [-0.2, 0) is 36.0 Å². The van der Waals surface area contributed by atoms with Crippen molar-refractivity contribution < 1.29 is 76.7 Å². The summed E-state index contributed by atoms with van der Waals surface area (Å²) in [6.45, 7) is 22.6. The number of imide groups is 4. The first-order chi connectivity index (χ1) is 46.1. The smallest absolute Gasteiger partial charge is 0.313 e. The molecule has 1 N–H and O–H groups in total. The van der Waals surface area contributed by atoms with Gasteiger partial charge in [-0.25, -0.2) is 19.6 Å². The molecular formula is C78H72N4O16. The van der Waals surface area contributed by atoms with E-state index in [-0.39, 0.29) is 112 Å². The van der Waals surface area contributed by atoms with Crippen molar-refractivity contribution in [1.29, 1.82) is 0 Å². The van der Waals surface area contributed by atoms with Crippen molar-refractivity contribution in [2.24, 2.45) is 0 Å². The lowest BCUT2D eigenvalue weighted by Crippen LogP contribution is -2.44. The van der Waals surface area contributed by atoms with E-state index in [4.69, 9.17) is 23.7 Å². The largest absolute Gasteiger partial charge is 0.489 e. The third-order valence-electron chi connectivity index (χ3n) is 18.5. The van der Waals surface area contributed by atoms with Gasteiger partial charge in [0, 0.05) is 66.1 Å². The first-order valence-electron chi connectivity index (χ1n) is 32.3. The molecule has 20 nitrogen and oxygen atoms in total. The first-order valence-corrected chi connectivity index (χ1v) is 32.3. The van der Waals surface area contributed by atoms with Gasteiger partial charge in [0.05, 0.1) is 22.7 Å². The zero-order valence-corrected chi connectivity index (χ0v) is 56.6. The third-order valence-corrected chi connectivity index (χ3v) is 18.5. The number of anilines is 4. The molecule has 8 aromatic carbocycles. The summed E-state index contributed by atoms with van der Waals surface area (Å²) in [5, 5.41) is 12.1. The molecule has 23 rings (SSSR count). The quantitative estimate of drug-likeness (QED) is 0.0980. The van der Waals surface area contributed by atoms with E-state index in [9.17, 15) is 14.7 Å². The maximum atomic E-state index is 15.3. The van der Waals surface area contributed by atoms with E-state index in [1.54, 1.807) is 72.8 Å². The Hall–Kier alpha value is -10.9. The Morgan fingerprint density at radius 1 is 0.367 bits per heavy atom. The Kier molecular flexibility index (Phi) is 15.7. The van der Waals surface area contributed by atoms with Crippen LogP contribution in [-0.4, -0.2) is 103 Å². The lowest BCUT2D eigenvalue weighted by molar-refractivity contribution is -0.153. The van der Waals surface area contributed by atoms with Crippen LogP contribution in [0.3, 0.4) is 0 Å². The van der Waals surface area contributed by atoms with E-state index in [1.165, 1.54) is 55.5 Å². The molecule has 0 radical (unpaired) electrons. The van der Waals surface area contributed by atoms with E-state index in [0.717, 1.165) is 19.6 Å². The van der Waals surface area contributed by atoms with Gasteiger partial charge in [-0.05, 0) is 148 Å². The van der Waals surface area contributed by atoms with Gasteiger partial charge in [-0.1, -0.05) is 107 Å². The summed E-state index contributed by atoms with van der Waals surface area (Å²) < 4.78 is 31.7. The zero-order valence-electron chi connectivity index (χ0n) is 56.6. The number of carbonyl (C=O) groups excluding carboxylic acids is 10.